The zero-order chi connectivity index (χ0) is 14.0. The van der Waals surface area contributed by atoms with E-state index in [0.29, 0.717) is 11.4 Å². The average molecular weight is 284 g/mol. The van der Waals surface area contributed by atoms with Gasteiger partial charge in [-0.15, -0.1) is 0 Å². The lowest BCUT2D eigenvalue weighted by molar-refractivity contribution is -0.118. The topological polar surface area (TPSA) is 29.1 Å². The number of benzene rings is 2. The molecule has 100 valence electrons. The Morgan fingerprint density at radius 3 is 2.50 bits per heavy atom. The lowest BCUT2D eigenvalue weighted by Gasteiger charge is -2.30. The molecule has 0 aromatic heterocycles. The van der Waals surface area contributed by atoms with E-state index in [2.05, 4.69) is 5.32 Å². The first-order valence-corrected chi connectivity index (χ1v) is 6.89. The van der Waals surface area contributed by atoms with Gasteiger partial charge in [0.05, 0.1) is 0 Å². The number of carbonyl (C=O) groups excluding carboxylic acids is 1. The standard InChI is InChI=1S/C17H14ClNO/c18-14-7-4-6-13(12-14)17(11-5-10-16(17)20)19-15-8-2-1-3-9-15/h1-10,12,19H,11H2. The maximum Gasteiger partial charge on any atom is 0.185 e. The number of rotatable bonds is 3. The number of hydrogen-bond acceptors (Lipinski definition) is 2. The van der Waals surface area contributed by atoms with Crippen molar-refractivity contribution in [2.45, 2.75) is 12.0 Å². The molecule has 2 aromatic rings. The summed E-state index contributed by atoms with van der Waals surface area (Å²) < 4.78 is 0. The number of halogens is 1. The molecule has 0 amide bonds. The third-order valence-corrected chi connectivity index (χ3v) is 3.80. The molecule has 0 saturated heterocycles. The molecule has 1 aliphatic carbocycles. The van der Waals surface area contributed by atoms with Gasteiger partial charge in [-0.05, 0) is 35.9 Å². The summed E-state index contributed by atoms with van der Waals surface area (Å²) in [7, 11) is 0. The van der Waals surface area contributed by atoms with Crippen molar-refractivity contribution in [2.24, 2.45) is 0 Å². The Labute approximate surface area is 123 Å². The average Bonchev–Trinajstić information content (AvgIpc) is 2.82. The van der Waals surface area contributed by atoms with Crippen LogP contribution in [0.15, 0.2) is 66.7 Å². The first kappa shape index (κ1) is 12.9. The van der Waals surface area contributed by atoms with Gasteiger partial charge in [-0.25, -0.2) is 0 Å². The second-order valence-corrected chi connectivity index (χ2v) is 5.31. The second kappa shape index (κ2) is 5.14. The number of para-hydroxylation sites is 1. The normalized spacial score (nSPS) is 21.1. The summed E-state index contributed by atoms with van der Waals surface area (Å²) in [5, 5.41) is 4.01. The van der Waals surface area contributed by atoms with Crippen LogP contribution in [0.2, 0.25) is 5.02 Å². The molecule has 3 rings (SSSR count). The summed E-state index contributed by atoms with van der Waals surface area (Å²) in [6.07, 6.45) is 4.16. The quantitative estimate of drug-likeness (QED) is 0.916. The van der Waals surface area contributed by atoms with Gasteiger partial charge < -0.3 is 5.32 Å². The van der Waals surface area contributed by atoms with E-state index in [1.54, 1.807) is 6.08 Å². The van der Waals surface area contributed by atoms with Crippen molar-refractivity contribution in [1.82, 2.24) is 0 Å². The van der Waals surface area contributed by atoms with Crippen molar-refractivity contribution < 1.29 is 4.79 Å². The van der Waals surface area contributed by atoms with E-state index >= 15 is 0 Å². The Bertz CT molecular complexity index is 666. The highest BCUT2D eigenvalue weighted by Crippen LogP contribution is 2.36. The summed E-state index contributed by atoms with van der Waals surface area (Å²) in [5.74, 6) is 0.0589. The molecule has 0 fully saturated rings. The summed E-state index contributed by atoms with van der Waals surface area (Å²) in [5.41, 5.74) is 1.07. The Balaban J connectivity index is 2.04. The van der Waals surface area contributed by atoms with Crippen LogP contribution >= 0.6 is 11.6 Å². The van der Waals surface area contributed by atoms with Crippen molar-refractivity contribution >= 4 is 23.1 Å². The van der Waals surface area contributed by atoms with Crippen molar-refractivity contribution in [3.63, 3.8) is 0 Å². The first-order valence-electron chi connectivity index (χ1n) is 6.51. The van der Waals surface area contributed by atoms with Gasteiger partial charge >= 0.3 is 0 Å². The molecule has 2 nitrogen and oxygen atoms in total. The molecule has 3 heteroatoms. The van der Waals surface area contributed by atoms with Crippen LogP contribution in [-0.4, -0.2) is 5.78 Å². The van der Waals surface area contributed by atoms with E-state index in [1.807, 2.05) is 60.7 Å². The Morgan fingerprint density at radius 1 is 1.05 bits per heavy atom. The van der Waals surface area contributed by atoms with E-state index < -0.39 is 5.54 Å². The van der Waals surface area contributed by atoms with Crippen LogP contribution in [0.3, 0.4) is 0 Å². The number of nitrogens with one attached hydrogen (secondary N) is 1. The predicted molar refractivity (Wildman–Crippen MR) is 82.0 cm³/mol. The minimum absolute atomic E-state index is 0.0589. The van der Waals surface area contributed by atoms with Crippen LogP contribution in [0.5, 0.6) is 0 Å². The van der Waals surface area contributed by atoms with Crippen molar-refractivity contribution in [2.75, 3.05) is 5.32 Å². The fourth-order valence-electron chi connectivity index (χ4n) is 2.55. The van der Waals surface area contributed by atoms with Crippen molar-refractivity contribution in [3.8, 4) is 0 Å². The Kier molecular flexibility index (Phi) is 3.33. The van der Waals surface area contributed by atoms with Gasteiger partial charge in [0, 0.05) is 17.1 Å². The van der Waals surface area contributed by atoms with Crippen LogP contribution in [-0.2, 0) is 10.3 Å². The molecule has 1 N–H and O–H groups in total. The highest BCUT2D eigenvalue weighted by molar-refractivity contribution is 6.30. The van der Waals surface area contributed by atoms with E-state index in [4.69, 9.17) is 11.6 Å². The van der Waals surface area contributed by atoms with Gasteiger partial charge in [-0.2, -0.15) is 0 Å². The SMILES string of the molecule is O=C1C=CCC1(Nc1ccccc1)c1cccc(Cl)c1. The van der Waals surface area contributed by atoms with Gasteiger partial charge in [0.1, 0.15) is 5.54 Å². The number of hydrogen-bond donors (Lipinski definition) is 1. The monoisotopic (exact) mass is 283 g/mol. The smallest absolute Gasteiger partial charge is 0.185 e. The van der Waals surface area contributed by atoms with Gasteiger partial charge in [0.25, 0.3) is 0 Å². The van der Waals surface area contributed by atoms with Crippen molar-refractivity contribution in [3.05, 3.63) is 77.3 Å². The number of ketones is 1. The van der Waals surface area contributed by atoms with Gasteiger partial charge in [0.15, 0.2) is 5.78 Å². The van der Waals surface area contributed by atoms with Crippen molar-refractivity contribution in [1.29, 1.82) is 0 Å². The molecule has 0 radical (unpaired) electrons. The van der Waals surface area contributed by atoms with Crippen LogP contribution in [0.1, 0.15) is 12.0 Å². The Morgan fingerprint density at radius 2 is 1.85 bits per heavy atom. The zero-order valence-electron chi connectivity index (χ0n) is 10.8. The van der Waals surface area contributed by atoms with Gasteiger partial charge in [-0.1, -0.05) is 48.0 Å². The highest BCUT2D eigenvalue weighted by atomic mass is 35.5. The molecular weight excluding hydrogens is 270 g/mol. The van der Waals surface area contributed by atoms with Gasteiger partial charge in [-0.3, -0.25) is 4.79 Å². The maximum atomic E-state index is 12.4. The van der Waals surface area contributed by atoms with Gasteiger partial charge in [0.2, 0.25) is 0 Å². The van der Waals surface area contributed by atoms with Crippen LogP contribution in [0, 0.1) is 0 Å². The molecule has 1 unspecified atom stereocenters. The maximum absolute atomic E-state index is 12.4. The zero-order valence-corrected chi connectivity index (χ0v) is 11.6. The van der Waals surface area contributed by atoms with E-state index in [0.717, 1.165) is 11.3 Å². The Hall–Kier alpha value is -2.06. The fraction of sp³-hybridized carbons (Fsp3) is 0.118. The summed E-state index contributed by atoms with van der Waals surface area (Å²) in [6, 6.07) is 17.2. The molecule has 1 atom stereocenters. The highest BCUT2D eigenvalue weighted by Gasteiger charge is 2.40. The predicted octanol–water partition coefficient (Wildman–Crippen LogP) is 4.18. The van der Waals surface area contributed by atoms with E-state index in [9.17, 15) is 4.79 Å². The van der Waals surface area contributed by atoms with Crippen LogP contribution in [0.25, 0.3) is 0 Å². The summed E-state index contributed by atoms with van der Waals surface area (Å²) >= 11 is 6.08. The second-order valence-electron chi connectivity index (χ2n) is 4.88. The molecule has 1 aliphatic rings. The lowest BCUT2D eigenvalue weighted by atomic mass is 9.86. The largest absolute Gasteiger partial charge is 0.369 e. The lowest BCUT2D eigenvalue weighted by Crippen LogP contribution is -2.39. The summed E-state index contributed by atoms with van der Waals surface area (Å²) in [6.45, 7) is 0. The molecule has 0 aliphatic heterocycles. The minimum atomic E-state index is -0.744. The molecule has 2 aromatic carbocycles. The molecule has 20 heavy (non-hydrogen) atoms. The fourth-order valence-corrected chi connectivity index (χ4v) is 2.74. The van der Waals surface area contributed by atoms with E-state index in [1.165, 1.54) is 0 Å². The minimum Gasteiger partial charge on any atom is -0.369 e. The molecular formula is C17H14ClNO. The van der Waals surface area contributed by atoms with E-state index in [-0.39, 0.29) is 5.78 Å². The van der Waals surface area contributed by atoms with Crippen LogP contribution < -0.4 is 5.32 Å². The third kappa shape index (κ3) is 2.23. The number of carbonyl (C=O) groups is 1. The molecule has 0 spiro atoms. The van der Waals surface area contributed by atoms with Crippen LogP contribution in [0.4, 0.5) is 5.69 Å². The molecule has 0 saturated carbocycles. The molecule has 0 heterocycles. The third-order valence-electron chi connectivity index (χ3n) is 3.56. The number of anilines is 1. The first-order chi connectivity index (χ1) is 9.71. The molecule has 0 bridgehead atoms. The summed E-state index contributed by atoms with van der Waals surface area (Å²) in [4.78, 5) is 12.4.